The number of benzene rings is 1. The molecule has 1 aromatic carbocycles. The molecule has 1 aliphatic rings. The van der Waals surface area contributed by atoms with Gasteiger partial charge >= 0.3 is 59.1 Å². The summed E-state index contributed by atoms with van der Waals surface area (Å²) in [4.78, 5) is 40.6. The molecule has 2 heterocycles. The average molecular weight is 587 g/mol. The molecular weight excluding hydrogens is 555 g/mol. The van der Waals surface area contributed by atoms with Gasteiger partial charge in [0.1, 0.15) is 18.3 Å². The third kappa shape index (κ3) is 9.86. The third-order valence-electron chi connectivity index (χ3n) is 6.09. The van der Waals surface area contributed by atoms with Crippen LogP contribution in [-0.4, -0.2) is 75.0 Å². The van der Waals surface area contributed by atoms with Crippen LogP contribution in [0.1, 0.15) is 32.8 Å². The van der Waals surface area contributed by atoms with E-state index in [1.807, 2.05) is 12.1 Å². The maximum absolute atomic E-state index is 13.0. The van der Waals surface area contributed by atoms with E-state index in [-0.39, 0.29) is 77.9 Å². The van der Waals surface area contributed by atoms with Gasteiger partial charge in [-0.15, -0.1) is 0 Å². The van der Waals surface area contributed by atoms with E-state index in [1.54, 1.807) is 32.2 Å². The number of hydrogen-bond acceptors (Lipinski definition) is 10. The van der Waals surface area contributed by atoms with E-state index in [0.29, 0.717) is 5.56 Å². The monoisotopic (exact) mass is 587 g/mol. The average Bonchev–Trinajstić information content (AvgIpc) is 3.22. The predicted molar refractivity (Wildman–Crippen MR) is 126 cm³/mol. The fraction of sp³-hybridized carbons (Fsp3) is 0.565. The number of aromatic amines is 1. The molecule has 1 saturated heterocycles. The molecule has 1 amide bonds. The van der Waals surface area contributed by atoms with Crippen molar-refractivity contribution in [3.8, 4) is 0 Å². The van der Waals surface area contributed by atoms with Crippen LogP contribution >= 0.6 is 7.75 Å². The van der Waals surface area contributed by atoms with Gasteiger partial charge in [-0.25, -0.2) is 5.09 Å². The first-order chi connectivity index (χ1) is 17.3. The molecule has 8 atom stereocenters. The molecular formula is C23H32N3Na2O10P. The van der Waals surface area contributed by atoms with Crippen molar-refractivity contribution in [2.45, 2.75) is 76.4 Å². The minimum atomic E-state index is -5.10. The largest absolute Gasteiger partial charge is 1.00 e. The van der Waals surface area contributed by atoms with Gasteiger partial charge in [0.05, 0.1) is 24.2 Å². The molecule has 16 heteroatoms. The summed E-state index contributed by atoms with van der Waals surface area (Å²) in [6.07, 6.45) is -6.47. The van der Waals surface area contributed by atoms with Crippen molar-refractivity contribution in [2.75, 3.05) is 0 Å². The molecule has 0 bridgehead atoms. The minimum Gasteiger partial charge on any atom is -0.766 e. The Bertz CT molecular complexity index is 1150. The third-order valence-corrected chi connectivity index (χ3v) is 7.20. The van der Waals surface area contributed by atoms with Crippen LogP contribution in [0.15, 0.2) is 30.5 Å². The van der Waals surface area contributed by atoms with Crippen LogP contribution in [0.4, 0.5) is 0 Å². The van der Waals surface area contributed by atoms with Gasteiger partial charge in [0.25, 0.3) is 0 Å². The Morgan fingerprint density at radius 1 is 1.13 bits per heavy atom. The molecule has 0 aliphatic carbocycles. The van der Waals surface area contributed by atoms with E-state index in [4.69, 9.17) is 9.26 Å². The van der Waals surface area contributed by atoms with E-state index < -0.39 is 62.4 Å². The van der Waals surface area contributed by atoms with Crippen molar-refractivity contribution in [1.82, 2.24) is 15.4 Å². The molecule has 0 spiro atoms. The summed E-state index contributed by atoms with van der Waals surface area (Å²) in [6, 6.07) is 4.31. The summed E-state index contributed by atoms with van der Waals surface area (Å²) in [5.41, 5.74) is 1.40. The molecule has 6 N–H and O–H groups in total. The van der Waals surface area contributed by atoms with E-state index in [0.717, 1.165) is 10.9 Å². The molecule has 1 aliphatic heterocycles. The number of nitrogens with one attached hydrogen (secondary N) is 3. The van der Waals surface area contributed by atoms with Crippen molar-refractivity contribution >= 4 is 30.5 Å². The van der Waals surface area contributed by atoms with Crippen LogP contribution in [-0.2, 0) is 29.8 Å². The van der Waals surface area contributed by atoms with Crippen LogP contribution < -0.4 is 79.5 Å². The molecule has 1 aromatic heterocycles. The number of para-hydroxylation sites is 1. The fourth-order valence-corrected chi connectivity index (χ4v) is 5.25. The number of aliphatic hydroxyl groups is 3. The number of aromatic nitrogens is 1. The number of amides is 1. The van der Waals surface area contributed by atoms with Gasteiger partial charge in [-0.1, -0.05) is 32.0 Å². The molecule has 1 fully saturated rings. The summed E-state index contributed by atoms with van der Waals surface area (Å²) in [7, 11) is -5.10. The maximum Gasteiger partial charge on any atom is 1.00 e. The molecule has 2 aromatic rings. The summed E-state index contributed by atoms with van der Waals surface area (Å²) in [5, 5.41) is 46.7. The first-order valence-corrected chi connectivity index (χ1v) is 13.4. The smallest absolute Gasteiger partial charge is 0.766 e. The number of aliphatic carboxylic acids is 1. The molecule has 39 heavy (non-hydrogen) atoms. The molecule has 0 radical (unpaired) electrons. The SMILES string of the molecule is CC(C)C[C@H](NP(=O)([O-])O[C@@H]1O[C@@H](C)[C@H](O)C(O)[C@H]1O)C(=O)N[C@@H](Cc1c[nH]c2ccccc12)C(=O)[O-].[Na+].[Na+]. The molecule has 206 valence electrons. The Kier molecular flexibility index (Phi) is 14.8. The number of carboxylic acids is 1. The zero-order valence-corrected chi connectivity index (χ0v) is 27.5. The summed E-state index contributed by atoms with van der Waals surface area (Å²) in [6.45, 7) is 4.81. The van der Waals surface area contributed by atoms with Gasteiger partial charge in [-0.05, 0) is 30.9 Å². The second-order valence-corrected chi connectivity index (χ2v) is 11.0. The number of fused-ring (bicyclic) bond motifs is 1. The number of ether oxygens (including phenoxy) is 1. The summed E-state index contributed by atoms with van der Waals surface area (Å²) >= 11 is 0. The van der Waals surface area contributed by atoms with Crippen molar-refractivity contribution in [3.63, 3.8) is 0 Å². The van der Waals surface area contributed by atoms with Gasteiger partial charge in [0, 0.05) is 23.5 Å². The van der Waals surface area contributed by atoms with E-state index in [2.05, 4.69) is 15.4 Å². The Morgan fingerprint density at radius 3 is 2.38 bits per heavy atom. The zero-order chi connectivity index (χ0) is 27.5. The van der Waals surface area contributed by atoms with E-state index >= 15 is 0 Å². The second-order valence-electron chi connectivity index (χ2n) is 9.54. The van der Waals surface area contributed by atoms with Gasteiger partial charge in [-0.2, -0.15) is 0 Å². The van der Waals surface area contributed by atoms with Crippen molar-refractivity contribution in [1.29, 1.82) is 0 Å². The first kappa shape index (κ1) is 36.7. The van der Waals surface area contributed by atoms with Crippen LogP contribution in [0.5, 0.6) is 0 Å². The second kappa shape index (κ2) is 15.8. The number of carbonyl (C=O) groups excluding carboxylic acids is 2. The van der Waals surface area contributed by atoms with Gasteiger partial charge in [0.2, 0.25) is 13.7 Å². The predicted octanol–water partition coefficient (Wildman–Crippen LogP) is -7.73. The molecule has 0 saturated carbocycles. The van der Waals surface area contributed by atoms with Gasteiger partial charge in [0.15, 0.2) is 6.29 Å². The fourth-order valence-electron chi connectivity index (χ4n) is 4.13. The topological polar surface area (TPSA) is 216 Å². The number of hydrogen-bond donors (Lipinski definition) is 6. The van der Waals surface area contributed by atoms with Gasteiger partial charge < -0.3 is 45.2 Å². The maximum atomic E-state index is 13.0. The Balaban J connectivity index is 0.00000380. The van der Waals surface area contributed by atoms with Crippen LogP contribution in [0.3, 0.4) is 0 Å². The Labute approximate surface area is 270 Å². The number of aliphatic hydroxyl groups excluding tert-OH is 3. The minimum absolute atomic E-state index is 0. The standard InChI is InChI=1S/C23H34N3O10P.2Na/c1-11(2)8-16(26-37(33,34)36-23-20(29)19(28)18(27)12(3)35-23)21(30)25-17(22(31)32)9-13-10-24-15-7-5-4-6-14(13)15;;/h4-7,10-12,16-20,23-24,27-29H,8-9H2,1-3H3,(H,25,30)(H,31,32)(H2,26,33,34);;/q;2*+1/p-2/t12-,16-,17-,18-,19?,20+,23-;;/m0../s1. The van der Waals surface area contributed by atoms with Crippen LogP contribution in [0, 0.1) is 5.92 Å². The van der Waals surface area contributed by atoms with Crippen molar-refractivity contribution in [2.24, 2.45) is 5.92 Å². The summed E-state index contributed by atoms with van der Waals surface area (Å²) < 4.78 is 22.7. The number of carbonyl (C=O) groups is 2. The van der Waals surface area contributed by atoms with Crippen LogP contribution in [0.2, 0.25) is 0 Å². The summed E-state index contributed by atoms with van der Waals surface area (Å²) in [5.74, 6) is -2.66. The van der Waals surface area contributed by atoms with Crippen LogP contribution in [0.25, 0.3) is 10.9 Å². The number of carboxylic acid groups (broad SMARTS) is 1. The molecule has 3 rings (SSSR count). The normalized spacial score (nSPS) is 26.1. The van der Waals surface area contributed by atoms with Crippen molar-refractivity contribution in [3.05, 3.63) is 36.0 Å². The zero-order valence-electron chi connectivity index (χ0n) is 22.6. The first-order valence-electron chi connectivity index (χ1n) is 11.8. The quantitative estimate of drug-likeness (QED) is 0.107. The Hall–Kier alpha value is -0.350. The van der Waals surface area contributed by atoms with E-state index in [1.165, 1.54) is 6.92 Å². The van der Waals surface area contributed by atoms with Crippen molar-refractivity contribution < 1.29 is 108 Å². The molecule has 13 nitrogen and oxygen atoms in total. The Morgan fingerprint density at radius 2 is 1.77 bits per heavy atom. The molecule has 2 unspecified atom stereocenters. The number of H-pyrrole nitrogens is 1. The van der Waals surface area contributed by atoms with E-state index in [9.17, 15) is 39.5 Å². The number of rotatable bonds is 11. The van der Waals surface area contributed by atoms with Gasteiger partial charge in [-0.3, -0.25) is 13.9 Å².